The average molecular weight is 506 g/mol. The van der Waals surface area contributed by atoms with E-state index < -0.39 is 14.9 Å². The number of halogens is 3. The van der Waals surface area contributed by atoms with Crippen LogP contribution in [0.5, 0.6) is 0 Å². The van der Waals surface area contributed by atoms with Crippen LogP contribution in [-0.4, -0.2) is 18.3 Å². The molecule has 1 aromatic carbocycles. The van der Waals surface area contributed by atoms with Gasteiger partial charge in [-0.2, -0.15) is 8.42 Å². The third-order valence-electron chi connectivity index (χ3n) is 3.45. The molecule has 2 heterocycles. The van der Waals surface area contributed by atoms with Crippen molar-refractivity contribution in [2.45, 2.75) is 4.90 Å². The number of hydrogen-bond donors (Lipinski definition) is 0. The molecule has 0 N–H and O–H groups in total. The smallest absolute Gasteiger partial charge is 0.315 e. The van der Waals surface area contributed by atoms with Gasteiger partial charge in [0.1, 0.15) is 0 Å². The number of hydrogen-bond acceptors (Lipinski definition) is 5. The van der Waals surface area contributed by atoms with Crippen molar-refractivity contribution in [3.63, 3.8) is 0 Å². The summed E-state index contributed by atoms with van der Waals surface area (Å²) in [5.41, 5.74) is -0.210. The summed E-state index contributed by atoms with van der Waals surface area (Å²) in [5, 5.41) is 11.2. The lowest BCUT2D eigenvalue weighted by Crippen LogP contribution is -3.00. The largest absolute Gasteiger partial charge is 1.00 e. The van der Waals surface area contributed by atoms with Crippen molar-refractivity contribution in [1.82, 2.24) is 4.98 Å². The monoisotopic (exact) mass is 504 g/mol. The van der Waals surface area contributed by atoms with Gasteiger partial charge in [0.25, 0.3) is 5.69 Å². The predicted octanol–water partition coefficient (Wildman–Crippen LogP) is 0.356. The van der Waals surface area contributed by atoms with Crippen molar-refractivity contribution in [1.29, 1.82) is 0 Å². The van der Waals surface area contributed by atoms with E-state index in [2.05, 4.69) is 20.9 Å². The summed E-state index contributed by atoms with van der Waals surface area (Å²) in [6.07, 6.45) is 4.39. The molecule has 0 fully saturated rings. The third-order valence-corrected chi connectivity index (χ3v) is 5.93. The molecule has 0 atom stereocenters. The minimum atomic E-state index is -4.15. The lowest BCUT2D eigenvalue weighted by atomic mass is 10.3. The minimum Gasteiger partial charge on any atom is -1.00 e. The lowest BCUT2D eigenvalue weighted by Gasteiger charge is -2.17. The number of aromatic nitrogens is 2. The van der Waals surface area contributed by atoms with E-state index in [9.17, 15) is 18.5 Å². The number of nitrogens with zero attached hydrogens (tertiary/aromatic N) is 4. The molecular weight excluding hydrogens is 495 g/mol. The standard InChI is InChI=1S/C16H11BrClN4O4S.ClH/c17-15-10-12(18)11-19-16(15)21(20-8-2-1-3-9-20)27(25,26)14-6-4-13(5-7-14)22(23)24;/h1-11H;1H/q+1;/p-1. The van der Waals surface area contributed by atoms with Crippen LogP contribution < -0.4 is 21.5 Å². The summed E-state index contributed by atoms with van der Waals surface area (Å²) in [7, 11) is -4.15. The Morgan fingerprint density at radius 1 is 1.14 bits per heavy atom. The molecular formula is C16H11BrCl2N4O4S. The number of sulfonamides is 1. The number of benzene rings is 1. The first kappa shape index (κ1) is 22.0. The summed E-state index contributed by atoms with van der Waals surface area (Å²) in [5.74, 6) is 0.0777. The van der Waals surface area contributed by atoms with Crippen LogP contribution in [0.1, 0.15) is 0 Å². The Kier molecular flexibility index (Phi) is 6.94. The third kappa shape index (κ3) is 4.41. The van der Waals surface area contributed by atoms with Gasteiger partial charge in [-0.05, 0) is 38.5 Å². The summed E-state index contributed by atoms with van der Waals surface area (Å²) in [6.45, 7) is 0. The molecule has 28 heavy (non-hydrogen) atoms. The first-order valence-corrected chi connectivity index (χ1v) is 9.99. The zero-order chi connectivity index (χ0) is 19.6. The maximum absolute atomic E-state index is 13.3. The van der Waals surface area contributed by atoms with Crippen molar-refractivity contribution in [2.75, 3.05) is 4.41 Å². The van der Waals surface area contributed by atoms with Crippen molar-refractivity contribution in [3.8, 4) is 0 Å². The molecule has 146 valence electrons. The van der Waals surface area contributed by atoms with Crippen LogP contribution >= 0.6 is 27.5 Å². The number of anilines is 1. The molecule has 0 aliphatic rings. The summed E-state index contributed by atoms with van der Waals surface area (Å²) < 4.78 is 29.2. The highest BCUT2D eigenvalue weighted by atomic mass is 79.9. The molecule has 0 saturated carbocycles. The quantitative estimate of drug-likeness (QED) is 0.283. The summed E-state index contributed by atoms with van der Waals surface area (Å²) in [4.78, 5) is 14.2. The van der Waals surface area contributed by atoms with Crippen LogP contribution in [0.4, 0.5) is 11.5 Å². The number of non-ortho nitro benzene ring substituents is 1. The Morgan fingerprint density at radius 2 is 1.75 bits per heavy atom. The van der Waals surface area contributed by atoms with E-state index in [4.69, 9.17) is 11.6 Å². The lowest BCUT2D eigenvalue weighted by molar-refractivity contribution is -0.668. The molecule has 0 aliphatic carbocycles. The predicted molar refractivity (Wildman–Crippen MR) is 102 cm³/mol. The maximum Gasteiger partial charge on any atom is 0.315 e. The molecule has 0 bridgehead atoms. The van der Waals surface area contributed by atoms with Gasteiger partial charge >= 0.3 is 10.0 Å². The zero-order valence-electron chi connectivity index (χ0n) is 13.8. The Labute approximate surface area is 180 Å². The summed E-state index contributed by atoms with van der Waals surface area (Å²) >= 11 is 9.20. The van der Waals surface area contributed by atoms with Crippen LogP contribution in [0.3, 0.4) is 0 Å². The second-order valence-corrected chi connectivity index (χ2v) is 8.27. The molecule has 12 heteroatoms. The summed E-state index contributed by atoms with van der Waals surface area (Å²) in [6, 6.07) is 11.2. The minimum absolute atomic E-state index is 0. The van der Waals surface area contributed by atoms with E-state index in [1.807, 2.05) is 0 Å². The van der Waals surface area contributed by atoms with E-state index >= 15 is 0 Å². The van der Waals surface area contributed by atoms with Gasteiger partial charge in [0.2, 0.25) is 18.2 Å². The van der Waals surface area contributed by atoms with E-state index in [0.717, 1.165) is 16.5 Å². The van der Waals surface area contributed by atoms with Gasteiger partial charge in [0, 0.05) is 30.5 Å². The van der Waals surface area contributed by atoms with Gasteiger partial charge in [-0.3, -0.25) is 10.1 Å². The normalized spacial score (nSPS) is 10.8. The molecule has 0 amide bonds. The molecule has 0 unspecified atom stereocenters. The fraction of sp³-hybridized carbons (Fsp3) is 0. The van der Waals surface area contributed by atoms with Crippen molar-refractivity contribution >= 4 is 49.1 Å². The Morgan fingerprint density at radius 3 is 2.29 bits per heavy atom. The molecule has 0 radical (unpaired) electrons. The van der Waals surface area contributed by atoms with Gasteiger partial charge in [-0.1, -0.05) is 22.3 Å². The van der Waals surface area contributed by atoms with Gasteiger partial charge in [-0.25, -0.2) is 4.98 Å². The molecule has 0 aliphatic heterocycles. The zero-order valence-corrected chi connectivity index (χ0v) is 17.7. The first-order valence-electron chi connectivity index (χ1n) is 7.38. The maximum atomic E-state index is 13.3. The van der Waals surface area contributed by atoms with Gasteiger partial charge in [0.15, 0.2) is 0 Å². The molecule has 2 aromatic heterocycles. The second-order valence-electron chi connectivity index (χ2n) is 5.21. The van der Waals surface area contributed by atoms with E-state index in [1.165, 1.54) is 41.5 Å². The highest BCUT2D eigenvalue weighted by Crippen LogP contribution is 2.29. The molecule has 3 aromatic rings. The SMILES string of the molecule is O=[N+]([O-])c1ccc(S(=O)(=O)N(c2ncc(Cl)cc2Br)[n+]2ccccc2)cc1.[Cl-]. The van der Waals surface area contributed by atoms with E-state index in [1.54, 1.807) is 18.2 Å². The number of nitro groups is 1. The van der Waals surface area contributed by atoms with Crippen molar-refractivity contribution in [3.05, 3.63) is 86.7 Å². The van der Waals surface area contributed by atoms with Crippen LogP contribution in [0, 0.1) is 10.1 Å². The van der Waals surface area contributed by atoms with Gasteiger partial charge in [0.05, 0.1) is 19.3 Å². The Balaban J connectivity index is 0.00000280. The van der Waals surface area contributed by atoms with Gasteiger partial charge < -0.3 is 12.4 Å². The van der Waals surface area contributed by atoms with E-state index in [0.29, 0.717) is 9.50 Å². The molecule has 3 rings (SSSR count). The number of rotatable bonds is 5. The average Bonchev–Trinajstić information content (AvgIpc) is 2.64. The van der Waals surface area contributed by atoms with Crippen molar-refractivity contribution in [2.24, 2.45) is 0 Å². The molecule has 8 nitrogen and oxygen atoms in total. The highest BCUT2D eigenvalue weighted by Gasteiger charge is 2.35. The van der Waals surface area contributed by atoms with Crippen molar-refractivity contribution < 1.29 is 30.4 Å². The first-order chi connectivity index (χ1) is 12.8. The van der Waals surface area contributed by atoms with Crippen LogP contribution in [0.25, 0.3) is 0 Å². The van der Waals surface area contributed by atoms with E-state index in [-0.39, 0.29) is 28.8 Å². The topological polar surface area (TPSA) is 97.3 Å². The fourth-order valence-electron chi connectivity index (χ4n) is 2.25. The van der Waals surface area contributed by atoms with Gasteiger partial charge in [-0.15, -0.1) is 0 Å². The number of nitro benzene ring substituents is 1. The second kappa shape index (κ2) is 8.82. The molecule has 0 saturated heterocycles. The highest BCUT2D eigenvalue weighted by molar-refractivity contribution is 9.10. The molecule has 0 spiro atoms. The fourth-order valence-corrected chi connectivity index (χ4v) is 4.58. The van der Waals surface area contributed by atoms with Crippen LogP contribution in [0.15, 0.2) is 76.5 Å². The number of pyridine rings is 2. The van der Waals surface area contributed by atoms with Crippen LogP contribution in [-0.2, 0) is 10.0 Å². The van der Waals surface area contributed by atoms with Crippen LogP contribution in [0.2, 0.25) is 5.02 Å². The Hall–Kier alpha value is -2.27. The Bertz CT molecular complexity index is 1100.